The van der Waals surface area contributed by atoms with Crippen molar-refractivity contribution in [3.63, 3.8) is 0 Å². The summed E-state index contributed by atoms with van der Waals surface area (Å²) in [6.45, 7) is 3.84. The number of carbonyl (C=O) groups is 2. The third-order valence-electron chi connectivity index (χ3n) is 6.12. The van der Waals surface area contributed by atoms with Crippen LogP contribution in [0.25, 0.3) is 10.9 Å². The van der Waals surface area contributed by atoms with Crippen LogP contribution in [-0.2, 0) is 11.3 Å². The van der Waals surface area contributed by atoms with Gasteiger partial charge in [0.1, 0.15) is 0 Å². The maximum Gasteiger partial charge on any atom is 0.415 e. The second-order valence-corrected chi connectivity index (χ2v) is 8.06. The van der Waals surface area contributed by atoms with E-state index in [4.69, 9.17) is 4.74 Å². The first-order valence-electron chi connectivity index (χ1n) is 9.88. The molecule has 142 valence electrons. The normalized spacial score (nSPS) is 26.9. The van der Waals surface area contributed by atoms with Crippen LogP contribution in [0.3, 0.4) is 0 Å². The Labute approximate surface area is 157 Å². The number of nitrogens with one attached hydrogen (secondary N) is 1. The third kappa shape index (κ3) is 3.32. The van der Waals surface area contributed by atoms with E-state index in [2.05, 4.69) is 15.3 Å². The number of piperidine rings is 3. The zero-order valence-corrected chi connectivity index (χ0v) is 15.3. The molecule has 3 saturated heterocycles. The van der Waals surface area contributed by atoms with Crippen LogP contribution < -0.4 is 5.32 Å². The summed E-state index contributed by atoms with van der Waals surface area (Å²) >= 11 is 0. The monoisotopic (exact) mass is 368 g/mol. The molecular formula is C20H24N4O3. The molecule has 7 nitrogen and oxygen atoms in total. The number of esters is 1. The highest BCUT2D eigenvalue weighted by Crippen LogP contribution is 2.32. The van der Waals surface area contributed by atoms with Crippen molar-refractivity contribution in [2.24, 2.45) is 11.8 Å². The van der Waals surface area contributed by atoms with Crippen molar-refractivity contribution in [3.8, 4) is 0 Å². The SMILES string of the molecule is O=C(N[C@@H]1CN2CCC1CC2)OC(=O)c1nn(CC2CC2)c2ccccc12. The fraction of sp³-hybridized carbons (Fsp3) is 0.550. The molecule has 3 aliphatic heterocycles. The van der Waals surface area contributed by atoms with Crippen molar-refractivity contribution < 1.29 is 14.3 Å². The predicted molar refractivity (Wildman–Crippen MR) is 99.4 cm³/mol. The lowest BCUT2D eigenvalue weighted by Crippen LogP contribution is -2.57. The molecule has 7 heteroatoms. The van der Waals surface area contributed by atoms with Gasteiger partial charge in [-0.1, -0.05) is 18.2 Å². The van der Waals surface area contributed by atoms with Crippen LogP contribution in [0.2, 0.25) is 0 Å². The van der Waals surface area contributed by atoms with E-state index in [1.54, 1.807) is 0 Å². The molecule has 1 aromatic heterocycles. The maximum absolute atomic E-state index is 12.6. The third-order valence-corrected chi connectivity index (χ3v) is 6.12. The van der Waals surface area contributed by atoms with Crippen LogP contribution in [0.4, 0.5) is 4.79 Å². The molecule has 0 unspecified atom stereocenters. The lowest BCUT2D eigenvalue weighted by Gasteiger charge is -2.44. The van der Waals surface area contributed by atoms with Crippen LogP contribution in [-0.4, -0.2) is 52.4 Å². The Bertz CT molecular complexity index is 880. The number of para-hydroxylation sites is 1. The molecule has 1 amide bonds. The van der Waals surface area contributed by atoms with Gasteiger partial charge in [-0.3, -0.25) is 4.68 Å². The number of rotatable bonds is 4. The van der Waals surface area contributed by atoms with E-state index in [-0.39, 0.29) is 11.7 Å². The van der Waals surface area contributed by atoms with Crippen LogP contribution in [0, 0.1) is 11.8 Å². The van der Waals surface area contributed by atoms with Gasteiger partial charge in [0.2, 0.25) is 0 Å². The molecule has 1 saturated carbocycles. The molecule has 4 aliphatic rings. The average molecular weight is 368 g/mol. The van der Waals surface area contributed by atoms with Crippen LogP contribution in [0.15, 0.2) is 24.3 Å². The van der Waals surface area contributed by atoms with Crippen molar-refractivity contribution >= 4 is 23.0 Å². The highest BCUT2D eigenvalue weighted by Gasteiger charge is 2.35. The van der Waals surface area contributed by atoms with Crippen molar-refractivity contribution in [2.75, 3.05) is 19.6 Å². The molecule has 4 fully saturated rings. The second kappa shape index (κ2) is 6.64. The number of hydrogen-bond acceptors (Lipinski definition) is 5. The number of aromatic nitrogens is 2. The summed E-state index contributed by atoms with van der Waals surface area (Å²) in [6, 6.07) is 7.68. The molecule has 0 radical (unpaired) electrons. The molecular weight excluding hydrogens is 344 g/mol. The minimum Gasteiger partial charge on any atom is -0.371 e. The molecule has 1 N–H and O–H groups in total. The molecule has 4 heterocycles. The quantitative estimate of drug-likeness (QED) is 0.662. The first-order valence-corrected chi connectivity index (χ1v) is 9.88. The first kappa shape index (κ1) is 16.7. The van der Waals surface area contributed by atoms with Crippen molar-refractivity contribution in [1.29, 1.82) is 0 Å². The lowest BCUT2D eigenvalue weighted by molar-refractivity contribution is 0.0519. The molecule has 1 aromatic carbocycles. The van der Waals surface area contributed by atoms with Crippen molar-refractivity contribution in [2.45, 2.75) is 38.3 Å². The topological polar surface area (TPSA) is 76.5 Å². The molecule has 0 spiro atoms. The molecule has 1 aliphatic carbocycles. The number of alkyl carbamates (subject to hydrolysis) is 1. The summed E-state index contributed by atoms with van der Waals surface area (Å²) in [5.74, 6) is 0.438. The Balaban J connectivity index is 1.30. The zero-order chi connectivity index (χ0) is 18.4. The van der Waals surface area contributed by atoms with E-state index in [1.165, 1.54) is 12.8 Å². The fourth-order valence-corrected chi connectivity index (χ4v) is 4.40. The number of nitrogens with zero attached hydrogens (tertiary/aromatic N) is 3. The summed E-state index contributed by atoms with van der Waals surface area (Å²) in [4.78, 5) is 27.3. The van der Waals surface area contributed by atoms with Gasteiger partial charge in [0.25, 0.3) is 0 Å². The molecule has 2 aromatic rings. The van der Waals surface area contributed by atoms with E-state index < -0.39 is 12.1 Å². The Morgan fingerprint density at radius 2 is 1.93 bits per heavy atom. The van der Waals surface area contributed by atoms with Gasteiger partial charge in [0.05, 0.1) is 5.52 Å². The Morgan fingerprint density at radius 3 is 2.63 bits per heavy atom. The smallest absolute Gasteiger partial charge is 0.371 e. The van der Waals surface area contributed by atoms with Crippen LogP contribution in [0.1, 0.15) is 36.2 Å². The van der Waals surface area contributed by atoms with Gasteiger partial charge in [0, 0.05) is 24.5 Å². The number of carbonyl (C=O) groups excluding carboxylic acids is 2. The number of amides is 1. The minimum atomic E-state index is -0.681. The van der Waals surface area contributed by atoms with E-state index in [0.717, 1.165) is 49.9 Å². The number of benzene rings is 1. The van der Waals surface area contributed by atoms with Gasteiger partial charge < -0.3 is 15.0 Å². The van der Waals surface area contributed by atoms with Gasteiger partial charge >= 0.3 is 12.1 Å². The van der Waals surface area contributed by atoms with E-state index >= 15 is 0 Å². The van der Waals surface area contributed by atoms with Gasteiger partial charge in [-0.2, -0.15) is 5.10 Å². The van der Waals surface area contributed by atoms with Crippen molar-refractivity contribution in [1.82, 2.24) is 20.0 Å². The van der Waals surface area contributed by atoms with Crippen molar-refractivity contribution in [3.05, 3.63) is 30.0 Å². The Hall–Kier alpha value is -2.41. The van der Waals surface area contributed by atoms with Crippen LogP contribution in [0.5, 0.6) is 0 Å². The maximum atomic E-state index is 12.6. The molecule has 2 bridgehead atoms. The van der Waals surface area contributed by atoms with Gasteiger partial charge in [-0.25, -0.2) is 9.59 Å². The van der Waals surface area contributed by atoms with E-state index in [9.17, 15) is 9.59 Å². The number of ether oxygens (including phenoxy) is 1. The Morgan fingerprint density at radius 1 is 1.15 bits per heavy atom. The average Bonchev–Trinajstić information content (AvgIpc) is 3.42. The summed E-state index contributed by atoms with van der Waals surface area (Å²) in [5.41, 5.74) is 1.13. The minimum absolute atomic E-state index is 0.0666. The number of fused-ring (bicyclic) bond motifs is 4. The van der Waals surface area contributed by atoms with Gasteiger partial charge in [-0.05, 0) is 56.7 Å². The molecule has 6 rings (SSSR count). The molecule has 27 heavy (non-hydrogen) atoms. The summed E-state index contributed by atoms with van der Waals surface area (Å²) in [5, 5.41) is 8.09. The largest absolute Gasteiger partial charge is 0.415 e. The highest BCUT2D eigenvalue weighted by molar-refractivity contribution is 6.05. The predicted octanol–water partition coefficient (Wildman–Crippen LogP) is 2.41. The fourth-order valence-electron chi connectivity index (χ4n) is 4.40. The highest BCUT2D eigenvalue weighted by atomic mass is 16.6. The zero-order valence-electron chi connectivity index (χ0n) is 15.3. The van der Waals surface area contributed by atoms with E-state index in [0.29, 0.717) is 11.8 Å². The van der Waals surface area contributed by atoms with Gasteiger partial charge in [-0.15, -0.1) is 0 Å². The lowest BCUT2D eigenvalue weighted by atomic mass is 9.84. The second-order valence-electron chi connectivity index (χ2n) is 8.06. The summed E-state index contributed by atoms with van der Waals surface area (Å²) in [7, 11) is 0. The van der Waals surface area contributed by atoms with Crippen LogP contribution >= 0.6 is 0 Å². The van der Waals surface area contributed by atoms with E-state index in [1.807, 2.05) is 28.9 Å². The summed E-state index contributed by atoms with van der Waals surface area (Å²) in [6.07, 6.45) is 3.93. The molecule has 1 atom stereocenters. The Kier molecular flexibility index (Phi) is 4.11. The standard InChI is InChI=1S/C20H24N4O3/c25-19(27-20(26)21-16-12-23-9-7-14(16)8-10-23)18-15-3-1-2-4-17(15)24(22-18)11-13-5-6-13/h1-4,13-14,16H,5-12H2,(H,21,26)/t16-/m1/s1. The first-order chi connectivity index (χ1) is 13.2. The summed E-state index contributed by atoms with van der Waals surface area (Å²) < 4.78 is 6.98. The van der Waals surface area contributed by atoms with Gasteiger partial charge in [0.15, 0.2) is 5.69 Å². The number of hydrogen-bond donors (Lipinski definition) is 1.